The van der Waals surface area contributed by atoms with E-state index in [1.807, 2.05) is 4.90 Å². The first-order valence-corrected chi connectivity index (χ1v) is 11.7. The molecule has 4 atom stereocenters. The largest absolute Gasteiger partial charge is 0.497 e. The van der Waals surface area contributed by atoms with Crippen LogP contribution in [0.1, 0.15) is 74.5 Å². The van der Waals surface area contributed by atoms with Gasteiger partial charge < -0.3 is 15.0 Å². The molecule has 0 unspecified atom stereocenters. The van der Waals surface area contributed by atoms with Crippen LogP contribution in [0.3, 0.4) is 0 Å². The molecule has 1 aromatic carbocycles. The minimum atomic E-state index is -4.50. The lowest BCUT2D eigenvalue weighted by atomic mass is 9.65. The molecule has 9 heteroatoms. The normalized spacial score (nSPS) is 30.0. The Morgan fingerprint density at radius 3 is 2.71 bits per heavy atom. The van der Waals surface area contributed by atoms with Gasteiger partial charge in [0.15, 0.2) is 6.04 Å². The van der Waals surface area contributed by atoms with Crippen LogP contribution >= 0.6 is 0 Å². The Labute approximate surface area is 197 Å². The summed E-state index contributed by atoms with van der Waals surface area (Å²) in [7, 11) is 1.52. The van der Waals surface area contributed by atoms with Crippen molar-refractivity contribution in [3.63, 3.8) is 0 Å². The average molecular weight is 477 g/mol. The molecule has 1 saturated heterocycles. The van der Waals surface area contributed by atoms with Gasteiger partial charge in [0.05, 0.1) is 19.3 Å². The van der Waals surface area contributed by atoms with Gasteiger partial charge >= 0.3 is 6.18 Å². The quantitative estimate of drug-likeness (QED) is 0.627. The predicted molar refractivity (Wildman–Crippen MR) is 122 cm³/mol. The van der Waals surface area contributed by atoms with E-state index in [0.29, 0.717) is 17.9 Å². The van der Waals surface area contributed by atoms with E-state index in [-0.39, 0.29) is 40.6 Å². The molecular weight excluding hydrogens is 445 g/mol. The molecule has 6 nitrogen and oxygen atoms in total. The lowest BCUT2D eigenvalue weighted by molar-refractivity contribution is -0.173. The van der Waals surface area contributed by atoms with Gasteiger partial charge in [-0.25, -0.2) is 4.68 Å². The summed E-state index contributed by atoms with van der Waals surface area (Å²) in [5, 5.41) is 7.25. The minimum Gasteiger partial charge on any atom is -0.497 e. The van der Waals surface area contributed by atoms with Gasteiger partial charge in [-0.15, -0.1) is 0 Å². The smallest absolute Gasteiger partial charge is 0.410 e. The molecule has 2 aromatic rings. The number of aromatic nitrogens is 2. The summed E-state index contributed by atoms with van der Waals surface area (Å²) in [5.41, 5.74) is 1.03. The number of alkyl halides is 3. The molecule has 3 aliphatic rings. The van der Waals surface area contributed by atoms with Crippen LogP contribution in [0.4, 0.5) is 19.0 Å². The van der Waals surface area contributed by atoms with E-state index < -0.39 is 18.3 Å². The molecule has 1 aromatic heterocycles. The highest BCUT2D eigenvalue weighted by atomic mass is 19.4. The van der Waals surface area contributed by atoms with E-state index in [9.17, 15) is 18.0 Å². The number of hydrogen-bond acceptors (Lipinski definition) is 4. The monoisotopic (exact) mass is 476 g/mol. The average Bonchev–Trinajstić information content (AvgIpc) is 3.28. The molecule has 0 spiro atoms. The number of carbonyl (C=O) groups is 1. The van der Waals surface area contributed by atoms with Crippen molar-refractivity contribution in [2.24, 2.45) is 10.8 Å². The summed E-state index contributed by atoms with van der Waals surface area (Å²) in [6.07, 6.45) is -0.578. The molecule has 2 fully saturated rings. The second-order valence-corrected chi connectivity index (χ2v) is 11.3. The molecule has 1 saturated carbocycles. The number of anilines is 1. The zero-order chi connectivity index (χ0) is 24.5. The van der Waals surface area contributed by atoms with Crippen LogP contribution in [0.25, 0.3) is 0 Å². The maximum absolute atomic E-state index is 14.1. The van der Waals surface area contributed by atoms with Gasteiger partial charge in [0, 0.05) is 19.0 Å². The summed E-state index contributed by atoms with van der Waals surface area (Å²) in [6, 6.07) is 4.64. The Morgan fingerprint density at radius 2 is 2.00 bits per heavy atom. The maximum atomic E-state index is 14.1. The fraction of sp³-hybridized carbons (Fsp3) is 0.600. The van der Waals surface area contributed by atoms with Crippen molar-refractivity contribution in [2.75, 3.05) is 19.0 Å². The second-order valence-electron chi connectivity index (χ2n) is 11.3. The Morgan fingerprint density at radius 1 is 1.24 bits per heavy atom. The van der Waals surface area contributed by atoms with Gasteiger partial charge in [0.1, 0.15) is 17.1 Å². The van der Waals surface area contributed by atoms with Gasteiger partial charge in [-0.3, -0.25) is 4.79 Å². The van der Waals surface area contributed by atoms with Crippen molar-refractivity contribution in [3.05, 3.63) is 41.6 Å². The van der Waals surface area contributed by atoms with Crippen molar-refractivity contribution >= 4 is 11.7 Å². The molecule has 1 N–H and O–H groups in total. The predicted octanol–water partition coefficient (Wildman–Crippen LogP) is 5.59. The van der Waals surface area contributed by atoms with Gasteiger partial charge in [-0.05, 0) is 47.8 Å². The molecular formula is C25H31F3N4O2. The van der Waals surface area contributed by atoms with Crippen LogP contribution in [0.2, 0.25) is 0 Å². The van der Waals surface area contributed by atoms with E-state index in [1.165, 1.54) is 13.3 Å². The molecule has 0 radical (unpaired) electrons. The number of fused-ring (bicyclic) bond motifs is 3. The zero-order valence-corrected chi connectivity index (χ0v) is 19.9. The van der Waals surface area contributed by atoms with Crippen LogP contribution < -0.4 is 10.1 Å². The maximum Gasteiger partial charge on any atom is 0.410 e. The number of nitrogens with zero attached hydrogens (tertiary/aromatic N) is 3. The highest BCUT2D eigenvalue weighted by Gasteiger charge is 2.52. The number of methoxy groups -OCH3 is 1. The van der Waals surface area contributed by atoms with E-state index in [0.717, 1.165) is 23.9 Å². The van der Waals surface area contributed by atoms with Gasteiger partial charge in [0.25, 0.3) is 5.91 Å². The summed E-state index contributed by atoms with van der Waals surface area (Å²) >= 11 is 0. The summed E-state index contributed by atoms with van der Waals surface area (Å²) < 4.78 is 48.4. The molecule has 2 aliphatic heterocycles. The molecule has 3 heterocycles. The third-order valence-electron chi connectivity index (χ3n) is 7.64. The number of benzene rings is 1. The fourth-order valence-electron chi connectivity index (χ4n) is 6.65. The number of hydrogen-bond donors (Lipinski definition) is 1. The van der Waals surface area contributed by atoms with Crippen LogP contribution in [0, 0.1) is 10.8 Å². The van der Waals surface area contributed by atoms with Crippen molar-refractivity contribution in [1.29, 1.82) is 0 Å². The van der Waals surface area contributed by atoms with Crippen LogP contribution in [0.5, 0.6) is 5.75 Å². The summed E-state index contributed by atoms with van der Waals surface area (Å²) in [5.74, 6) is 0.461. The summed E-state index contributed by atoms with van der Waals surface area (Å²) in [6.45, 7) is 7.27. The number of likely N-dealkylation sites (tertiary alicyclic amines) is 1. The topological polar surface area (TPSA) is 59.4 Å². The standard InChI is InChI=1S/C25H31F3N4O2/c1-23(2)10-16-11-24(3,13-23)14-31(16)22(33)18-12-29-32-20(25(26,27)28)9-19(30-21(18)32)15-6-5-7-17(8-15)34-4/h5-8,12,16,19-20,30H,9-11,13-14H2,1-4H3/t16-,19-,20+,24-/m0/s1. The van der Waals surface area contributed by atoms with Gasteiger partial charge in [-0.1, -0.05) is 32.9 Å². The minimum absolute atomic E-state index is 0.0281. The third-order valence-corrected chi connectivity index (χ3v) is 7.64. The fourth-order valence-corrected chi connectivity index (χ4v) is 6.65. The molecule has 34 heavy (non-hydrogen) atoms. The van der Waals surface area contributed by atoms with Crippen LogP contribution in [-0.4, -0.2) is 46.5 Å². The van der Waals surface area contributed by atoms with Crippen molar-refractivity contribution in [3.8, 4) is 5.75 Å². The Balaban J connectivity index is 1.50. The van der Waals surface area contributed by atoms with Crippen LogP contribution in [0.15, 0.2) is 30.5 Å². The number of carbonyl (C=O) groups excluding carboxylic acids is 1. The first-order valence-electron chi connectivity index (χ1n) is 11.7. The summed E-state index contributed by atoms with van der Waals surface area (Å²) in [4.78, 5) is 15.6. The molecule has 1 aliphatic carbocycles. The molecule has 2 bridgehead atoms. The highest BCUT2D eigenvalue weighted by Crippen LogP contribution is 2.53. The lowest BCUT2D eigenvalue weighted by Crippen LogP contribution is -2.39. The first-order chi connectivity index (χ1) is 15.9. The van der Waals surface area contributed by atoms with Crippen molar-refractivity contribution in [2.45, 2.75) is 70.8 Å². The zero-order valence-electron chi connectivity index (χ0n) is 19.9. The van der Waals surface area contributed by atoms with Gasteiger partial charge in [-0.2, -0.15) is 18.3 Å². The number of nitrogens with one attached hydrogen (secondary N) is 1. The molecule has 5 rings (SSSR count). The number of ether oxygens (including phenoxy) is 1. The van der Waals surface area contributed by atoms with E-state index in [4.69, 9.17) is 4.74 Å². The number of rotatable bonds is 3. The van der Waals surface area contributed by atoms with Crippen molar-refractivity contribution < 1.29 is 22.7 Å². The molecule has 184 valence electrons. The van der Waals surface area contributed by atoms with E-state index in [2.05, 4.69) is 31.2 Å². The Kier molecular flexibility index (Phi) is 5.19. The van der Waals surface area contributed by atoms with Crippen LogP contribution in [-0.2, 0) is 0 Å². The third kappa shape index (κ3) is 3.92. The lowest BCUT2D eigenvalue weighted by Gasteiger charge is -2.39. The SMILES string of the molecule is COc1cccc([C@@H]2C[C@H](C(F)(F)F)n3ncc(C(=O)N4C[C@@]5(C)C[C@@H]4CC(C)(C)C5)c3N2)c1. The highest BCUT2D eigenvalue weighted by molar-refractivity contribution is 5.99. The Hall–Kier alpha value is -2.71. The van der Waals surface area contributed by atoms with Crippen molar-refractivity contribution in [1.82, 2.24) is 14.7 Å². The Bertz CT molecular complexity index is 1110. The van der Waals surface area contributed by atoms with E-state index >= 15 is 0 Å². The first kappa shape index (κ1) is 23.1. The number of amides is 1. The van der Waals surface area contributed by atoms with E-state index in [1.54, 1.807) is 24.3 Å². The van der Waals surface area contributed by atoms with Gasteiger partial charge in [0.2, 0.25) is 0 Å². The molecule has 1 amide bonds. The second kappa shape index (κ2) is 7.65. The number of halogens is 3.